The number of aliphatic hydroxyl groups excluding tert-OH is 1. The first kappa shape index (κ1) is 17.2. The maximum atomic E-state index is 12.1. The lowest BCUT2D eigenvalue weighted by Crippen LogP contribution is -2.34. The minimum Gasteiger partial charge on any atom is -0.371 e. The summed E-state index contributed by atoms with van der Waals surface area (Å²) in [6.07, 6.45) is 3.36. The highest BCUT2D eigenvalue weighted by Gasteiger charge is 2.37. The predicted octanol–water partition coefficient (Wildman–Crippen LogP) is 3.01. The number of hydrogen-bond donors (Lipinski definition) is 1. The van der Waals surface area contributed by atoms with E-state index in [9.17, 15) is 9.90 Å². The molecule has 1 aliphatic rings. The zero-order chi connectivity index (χ0) is 16.3. The molecule has 0 radical (unpaired) electrons. The van der Waals surface area contributed by atoms with Crippen LogP contribution in [-0.4, -0.2) is 51.3 Å². The molecule has 1 aromatic heterocycles. The van der Waals surface area contributed by atoms with Crippen molar-refractivity contribution < 1.29 is 9.90 Å². The fourth-order valence-electron chi connectivity index (χ4n) is 2.05. The van der Waals surface area contributed by atoms with Gasteiger partial charge >= 0.3 is 6.03 Å². The summed E-state index contributed by atoms with van der Waals surface area (Å²) in [5, 5.41) is 20.0. The minimum absolute atomic E-state index is 0.245. The first-order valence-corrected chi connectivity index (χ1v) is 9.06. The molecule has 1 fully saturated rings. The van der Waals surface area contributed by atoms with Gasteiger partial charge in [-0.15, -0.1) is 22.0 Å². The van der Waals surface area contributed by atoms with Crippen molar-refractivity contribution in [3.8, 4) is 0 Å². The van der Waals surface area contributed by atoms with Crippen molar-refractivity contribution in [2.75, 3.05) is 18.5 Å². The summed E-state index contributed by atoms with van der Waals surface area (Å²) in [5.74, 6) is 0. The molecule has 0 saturated carbocycles. The molecule has 6 nitrogen and oxygen atoms in total. The molecule has 0 aromatic carbocycles. The Labute approximate surface area is 139 Å². The Bertz CT molecular complexity index is 559. The molecule has 1 aliphatic heterocycles. The molecular weight excluding hydrogens is 320 g/mol. The maximum absolute atomic E-state index is 12.1. The second kappa shape index (κ2) is 7.43. The first-order valence-electron chi connectivity index (χ1n) is 7.37. The monoisotopic (exact) mass is 342 g/mol. The molecule has 0 aliphatic carbocycles. The molecule has 122 valence electrons. The van der Waals surface area contributed by atoms with Gasteiger partial charge in [-0.1, -0.05) is 44.6 Å². The minimum atomic E-state index is -0.862. The number of carbonyl (C=O) groups is 1. The molecule has 1 saturated heterocycles. The van der Waals surface area contributed by atoms with E-state index in [1.807, 2.05) is 0 Å². The molecule has 0 spiro atoms. The Balaban J connectivity index is 2.23. The van der Waals surface area contributed by atoms with E-state index in [4.69, 9.17) is 0 Å². The molecule has 22 heavy (non-hydrogen) atoms. The van der Waals surface area contributed by atoms with Crippen molar-refractivity contribution in [1.82, 2.24) is 15.1 Å². The normalized spacial score (nSPS) is 19.6. The second-order valence-corrected chi connectivity index (χ2v) is 8.00. The van der Waals surface area contributed by atoms with E-state index in [0.29, 0.717) is 10.4 Å². The number of nitrogens with zero attached hydrogens (tertiary/aromatic N) is 4. The standard InChI is InChI=1S/C14H22N4O2S2/c1-5-6-7-10(21-9(2)3)12-15-16-13(22-12)18-11(19)8-17(4)14(18)20/h7,9,11,19H,5-6,8H2,1-4H3. The topological polar surface area (TPSA) is 69.6 Å². The number of amides is 2. The van der Waals surface area contributed by atoms with Crippen LogP contribution in [0.1, 0.15) is 38.6 Å². The van der Waals surface area contributed by atoms with Gasteiger partial charge in [-0.2, -0.15) is 0 Å². The third kappa shape index (κ3) is 3.80. The van der Waals surface area contributed by atoms with Crippen LogP contribution in [0.3, 0.4) is 0 Å². The Morgan fingerprint density at radius 2 is 2.27 bits per heavy atom. The third-order valence-electron chi connectivity index (χ3n) is 3.08. The SMILES string of the molecule is CCCC=C(SC(C)C)c1nnc(N2C(=O)N(C)CC2O)s1. The van der Waals surface area contributed by atoms with Gasteiger partial charge in [-0.25, -0.2) is 9.69 Å². The summed E-state index contributed by atoms with van der Waals surface area (Å²) in [6.45, 7) is 6.69. The highest BCUT2D eigenvalue weighted by Crippen LogP contribution is 2.36. The van der Waals surface area contributed by atoms with Crippen molar-refractivity contribution >= 4 is 39.2 Å². The van der Waals surface area contributed by atoms with Crippen LogP contribution in [0.2, 0.25) is 0 Å². The zero-order valence-electron chi connectivity index (χ0n) is 13.3. The molecule has 2 rings (SSSR count). The van der Waals surface area contributed by atoms with Gasteiger partial charge in [-0.05, 0) is 6.42 Å². The highest BCUT2D eigenvalue weighted by molar-refractivity contribution is 8.09. The molecule has 8 heteroatoms. The summed E-state index contributed by atoms with van der Waals surface area (Å²) in [6, 6.07) is -0.245. The van der Waals surface area contributed by atoms with Crippen molar-refractivity contribution in [3.05, 3.63) is 11.1 Å². The fourth-order valence-corrected chi connectivity index (χ4v) is 4.00. The number of hydrogen-bond acceptors (Lipinski definition) is 6. The number of thioether (sulfide) groups is 1. The molecule has 2 amide bonds. The quantitative estimate of drug-likeness (QED) is 0.860. The van der Waals surface area contributed by atoms with Crippen molar-refractivity contribution in [2.45, 2.75) is 45.1 Å². The van der Waals surface area contributed by atoms with Crippen LogP contribution in [0, 0.1) is 0 Å². The molecule has 1 aromatic rings. The van der Waals surface area contributed by atoms with E-state index in [2.05, 4.69) is 37.0 Å². The Morgan fingerprint density at radius 3 is 2.82 bits per heavy atom. The molecule has 2 heterocycles. The number of likely N-dealkylation sites (N-methyl/N-ethyl adjacent to an activating group) is 1. The van der Waals surface area contributed by atoms with Crippen LogP contribution in [0.15, 0.2) is 6.08 Å². The summed E-state index contributed by atoms with van der Waals surface area (Å²) >= 11 is 3.09. The van der Waals surface area contributed by atoms with Gasteiger partial charge in [-0.3, -0.25) is 0 Å². The van der Waals surface area contributed by atoms with Crippen molar-refractivity contribution in [3.63, 3.8) is 0 Å². The summed E-state index contributed by atoms with van der Waals surface area (Å²) in [4.78, 5) is 15.9. The van der Waals surface area contributed by atoms with Gasteiger partial charge in [0.2, 0.25) is 5.13 Å². The third-order valence-corrected chi connectivity index (χ3v) is 5.25. The zero-order valence-corrected chi connectivity index (χ0v) is 14.9. The summed E-state index contributed by atoms with van der Waals surface area (Å²) in [5.41, 5.74) is 0. The van der Waals surface area contributed by atoms with Gasteiger partial charge in [0.15, 0.2) is 11.2 Å². The van der Waals surface area contributed by atoms with E-state index < -0.39 is 6.23 Å². The number of β-amino-alcohol motifs (C(OH)–C–C–N with tert-alkyl or cyclic N) is 1. The molecule has 1 atom stereocenters. The van der Waals surface area contributed by atoms with E-state index >= 15 is 0 Å². The van der Waals surface area contributed by atoms with Crippen molar-refractivity contribution in [2.24, 2.45) is 0 Å². The summed E-state index contributed by atoms with van der Waals surface area (Å²) < 4.78 is 0. The van der Waals surface area contributed by atoms with Gasteiger partial charge < -0.3 is 10.0 Å². The molecular formula is C14H22N4O2S2. The number of rotatable bonds is 6. The van der Waals surface area contributed by atoms with Gasteiger partial charge in [0, 0.05) is 17.2 Å². The lowest BCUT2D eigenvalue weighted by molar-refractivity contribution is 0.183. The van der Waals surface area contributed by atoms with Crippen LogP contribution in [0.5, 0.6) is 0 Å². The predicted molar refractivity (Wildman–Crippen MR) is 92.0 cm³/mol. The van der Waals surface area contributed by atoms with Crippen LogP contribution in [0.4, 0.5) is 9.93 Å². The second-order valence-electron chi connectivity index (χ2n) is 5.43. The number of unbranched alkanes of at least 4 members (excludes halogenated alkanes) is 1. The van der Waals surface area contributed by atoms with E-state index in [1.54, 1.807) is 18.8 Å². The van der Waals surface area contributed by atoms with Crippen LogP contribution >= 0.6 is 23.1 Å². The maximum Gasteiger partial charge on any atom is 0.328 e. The number of aliphatic hydroxyl groups is 1. The number of urea groups is 1. The average Bonchev–Trinajstić information content (AvgIpc) is 3.00. The van der Waals surface area contributed by atoms with Crippen LogP contribution in [0.25, 0.3) is 4.91 Å². The number of allylic oxidation sites excluding steroid dienone is 1. The number of carbonyl (C=O) groups excluding carboxylic acids is 1. The van der Waals surface area contributed by atoms with Crippen molar-refractivity contribution in [1.29, 1.82) is 0 Å². The summed E-state index contributed by atoms with van der Waals surface area (Å²) in [7, 11) is 1.66. The molecule has 1 N–H and O–H groups in total. The van der Waals surface area contributed by atoms with E-state index in [-0.39, 0.29) is 12.6 Å². The molecule has 1 unspecified atom stereocenters. The number of anilines is 1. The number of aromatic nitrogens is 2. The van der Waals surface area contributed by atoms with E-state index in [1.165, 1.54) is 21.1 Å². The molecule has 0 bridgehead atoms. The van der Waals surface area contributed by atoms with Crippen LogP contribution < -0.4 is 4.90 Å². The average molecular weight is 342 g/mol. The lowest BCUT2D eigenvalue weighted by Gasteiger charge is -2.14. The lowest BCUT2D eigenvalue weighted by atomic mass is 10.3. The largest absolute Gasteiger partial charge is 0.371 e. The van der Waals surface area contributed by atoms with Gasteiger partial charge in [0.05, 0.1) is 6.54 Å². The first-order chi connectivity index (χ1) is 10.4. The Morgan fingerprint density at radius 1 is 1.55 bits per heavy atom. The Hall–Kier alpha value is -1.12. The van der Waals surface area contributed by atoms with Gasteiger partial charge in [0.25, 0.3) is 0 Å². The fraction of sp³-hybridized carbons (Fsp3) is 0.643. The Kier molecular flexibility index (Phi) is 5.82. The van der Waals surface area contributed by atoms with E-state index in [0.717, 1.165) is 22.8 Å². The van der Waals surface area contributed by atoms with Gasteiger partial charge in [0.1, 0.15) is 0 Å². The highest BCUT2D eigenvalue weighted by atomic mass is 32.2. The van der Waals surface area contributed by atoms with Crippen LogP contribution in [-0.2, 0) is 0 Å². The smallest absolute Gasteiger partial charge is 0.328 e.